The summed E-state index contributed by atoms with van der Waals surface area (Å²) in [6, 6.07) is 0.487. The number of halogens is 1. The molecule has 2 heterocycles. The van der Waals surface area contributed by atoms with E-state index >= 15 is 0 Å². The summed E-state index contributed by atoms with van der Waals surface area (Å²) >= 11 is 0. The number of guanidine groups is 1. The van der Waals surface area contributed by atoms with Crippen LogP contribution in [0.1, 0.15) is 40.0 Å². The predicted molar refractivity (Wildman–Crippen MR) is 121 cm³/mol. The summed E-state index contributed by atoms with van der Waals surface area (Å²) in [4.78, 5) is 9.98. The maximum Gasteiger partial charge on any atom is 0.191 e. The lowest BCUT2D eigenvalue weighted by atomic mass is 10.0. The molecule has 1 unspecified atom stereocenters. The third-order valence-corrected chi connectivity index (χ3v) is 5.23. The second-order valence-electron chi connectivity index (χ2n) is 7.51. The van der Waals surface area contributed by atoms with Gasteiger partial charge < -0.3 is 20.3 Å². The van der Waals surface area contributed by atoms with Crippen LogP contribution in [-0.2, 0) is 4.74 Å². The molecular weight excluding hydrogens is 441 g/mol. The van der Waals surface area contributed by atoms with Crippen LogP contribution in [0.3, 0.4) is 0 Å². The van der Waals surface area contributed by atoms with Gasteiger partial charge in [-0.15, -0.1) is 24.0 Å². The normalized spacial score (nSPS) is 21.3. The lowest BCUT2D eigenvalue weighted by molar-refractivity contribution is 0.00867. The molecule has 0 aromatic heterocycles. The highest BCUT2D eigenvalue weighted by Crippen LogP contribution is 2.13. The van der Waals surface area contributed by atoms with Crippen molar-refractivity contribution >= 4 is 29.9 Å². The molecule has 2 aliphatic heterocycles. The summed E-state index contributed by atoms with van der Waals surface area (Å²) in [7, 11) is 0. The highest BCUT2D eigenvalue weighted by molar-refractivity contribution is 14.0. The summed E-state index contributed by atoms with van der Waals surface area (Å²) in [6.45, 7) is 16.8. The molecule has 0 radical (unpaired) electrons. The summed E-state index contributed by atoms with van der Waals surface area (Å²) in [5.41, 5.74) is 0. The van der Waals surface area contributed by atoms with Crippen LogP contribution >= 0.6 is 24.0 Å². The van der Waals surface area contributed by atoms with E-state index in [1.807, 2.05) is 0 Å². The second-order valence-corrected chi connectivity index (χ2v) is 7.51. The maximum absolute atomic E-state index is 5.50. The average molecular weight is 481 g/mol. The van der Waals surface area contributed by atoms with Crippen molar-refractivity contribution in [2.24, 2.45) is 10.9 Å². The summed E-state index contributed by atoms with van der Waals surface area (Å²) in [5, 5.41) is 6.91. The Morgan fingerprint density at radius 2 is 1.73 bits per heavy atom. The largest absolute Gasteiger partial charge is 0.379 e. The molecule has 2 N–H and O–H groups in total. The van der Waals surface area contributed by atoms with Crippen LogP contribution in [0, 0.1) is 5.92 Å². The van der Waals surface area contributed by atoms with Gasteiger partial charge in [0.25, 0.3) is 0 Å². The van der Waals surface area contributed by atoms with Crippen molar-refractivity contribution in [1.29, 1.82) is 0 Å². The number of rotatable bonds is 8. The van der Waals surface area contributed by atoms with E-state index in [0.717, 1.165) is 58.4 Å². The zero-order valence-corrected chi connectivity index (χ0v) is 19.3. The third kappa shape index (κ3) is 8.71. The molecule has 0 aromatic carbocycles. The highest BCUT2D eigenvalue weighted by atomic mass is 127. The number of hydrogen-bond acceptors (Lipinski definition) is 4. The monoisotopic (exact) mass is 481 g/mol. The van der Waals surface area contributed by atoms with Gasteiger partial charge in [0.05, 0.1) is 19.8 Å². The first-order valence-electron chi connectivity index (χ1n) is 10.3. The number of nitrogens with one attached hydrogen (secondary N) is 2. The lowest BCUT2D eigenvalue weighted by Gasteiger charge is -2.36. The van der Waals surface area contributed by atoms with Crippen molar-refractivity contribution in [2.75, 3.05) is 65.6 Å². The first-order valence-corrected chi connectivity index (χ1v) is 10.3. The van der Waals surface area contributed by atoms with E-state index in [1.54, 1.807) is 0 Å². The van der Waals surface area contributed by atoms with E-state index in [1.165, 1.54) is 32.4 Å². The zero-order chi connectivity index (χ0) is 17.9. The van der Waals surface area contributed by atoms with Crippen molar-refractivity contribution in [3.05, 3.63) is 0 Å². The number of nitrogens with zero attached hydrogens (tertiary/aromatic N) is 3. The van der Waals surface area contributed by atoms with Gasteiger partial charge in [-0.2, -0.15) is 0 Å². The molecule has 0 aromatic rings. The smallest absolute Gasteiger partial charge is 0.191 e. The summed E-state index contributed by atoms with van der Waals surface area (Å²) in [5.74, 6) is 1.55. The van der Waals surface area contributed by atoms with Gasteiger partial charge in [-0.3, -0.25) is 9.89 Å². The Labute approximate surface area is 177 Å². The minimum Gasteiger partial charge on any atom is -0.379 e. The molecule has 2 fully saturated rings. The van der Waals surface area contributed by atoms with Crippen LogP contribution < -0.4 is 10.6 Å². The molecule has 1 atom stereocenters. The first kappa shape index (κ1) is 23.9. The molecule has 7 heteroatoms. The van der Waals surface area contributed by atoms with Crippen LogP contribution in [0.2, 0.25) is 0 Å². The highest BCUT2D eigenvalue weighted by Gasteiger charge is 2.23. The Bertz CT molecular complexity index is 382. The Morgan fingerprint density at radius 3 is 2.35 bits per heavy atom. The van der Waals surface area contributed by atoms with E-state index in [2.05, 4.69) is 41.2 Å². The molecule has 0 saturated carbocycles. The minimum absolute atomic E-state index is 0. The molecule has 2 saturated heterocycles. The lowest BCUT2D eigenvalue weighted by Crippen LogP contribution is -2.48. The Kier molecular flexibility index (Phi) is 12.8. The predicted octanol–water partition coefficient (Wildman–Crippen LogP) is 2.00. The maximum atomic E-state index is 5.50. The molecule has 0 spiro atoms. The van der Waals surface area contributed by atoms with Crippen molar-refractivity contribution in [3.63, 3.8) is 0 Å². The molecule has 0 aliphatic carbocycles. The quantitative estimate of drug-likeness (QED) is 0.316. The summed E-state index contributed by atoms with van der Waals surface area (Å²) < 4.78 is 5.50. The van der Waals surface area contributed by atoms with E-state index in [0.29, 0.717) is 12.0 Å². The standard InChI is InChI=1S/C19H39N5O.HI/c1-4-20-19(21-8-11-23-9-6-5-7-10-23)22-16-18(17(2)3)24-12-14-25-15-13-24;/h17-18H,4-16H2,1-3H3,(H2,20,21,22);1H. The number of ether oxygens (including phenoxy) is 1. The van der Waals surface area contributed by atoms with Gasteiger partial charge in [0.1, 0.15) is 0 Å². The van der Waals surface area contributed by atoms with Gasteiger partial charge >= 0.3 is 0 Å². The molecule has 0 amide bonds. The van der Waals surface area contributed by atoms with Crippen LogP contribution in [0.4, 0.5) is 0 Å². The van der Waals surface area contributed by atoms with Gasteiger partial charge in [-0.05, 0) is 38.8 Å². The van der Waals surface area contributed by atoms with E-state index in [-0.39, 0.29) is 24.0 Å². The molecule has 154 valence electrons. The molecule has 2 rings (SSSR count). The Hall–Kier alpha value is -0.120. The SMILES string of the molecule is CCNC(=NCC(C(C)C)N1CCOCC1)NCCN1CCCCC1.I. The van der Waals surface area contributed by atoms with Crippen LogP contribution in [-0.4, -0.2) is 87.4 Å². The molecule has 26 heavy (non-hydrogen) atoms. The number of hydrogen-bond donors (Lipinski definition) is 2. The Morgan fingerprint density at radius 1 is 1.04 bits per heavy atom. The average Bonchev–Trinajstić information content (AvgIpc) is 2.63. The van der Waals surface area contributed by atoms with Crippen molar-refractivity contribution in [3.8, 4) is 0 Å². The minimum atomic E-state index is 0. The fourth-order valence-corrected chi connectivity index (χ4v) is 3.70. The molecule has 2 aliphatic rings. The third-order valence-electron chi connectivity index (χ3n) is 5.23. The fourth-order valence-electron chi connectivity index (χ4n) is 3.70. The van der Waals surface area contributed by atoms with Crippen LogP contribution in [0.5, 0.6) is 0 Å². The zero-order valence-electron chi connectivity index (χ0n) is 17.0. The fraction of sp³-hybridized carbons (Fsp3) is 0.947. The van der Waals surface area contributed by atoms with Gasteiger partial charge in [0.15, 0.2) is 5.96 Å². The second kappa shape index (κ2) is 14.0. The van der Waals surface area contributed by atoms with Gasteiger partial charge in [0.2, 0.25) is 0 Å². The van der Waals surface area contributed by atoms with Gasteiger partial charge in [0, 0.05) is 38.8 Å². The van der Waals surface area contributed by atoms with Crippen molar-refractivity contribution in [1.82, 2.24) is 20.4 Å². The van der Waals surface area contributed by atoms with Gasteiger partial charge in [-0.25, -0.2) is 0 Å². The Balaban J connectivity index is 0.00000338. The van der Waals surface area contributed by atoms with Crippen molar-refractivity contribution < 1.29 is 4.74 Å². The van der Waals surface area contributed by atoms with Crippen molar-refractivity contribution in [2.45, 2.75) is 46.1 Å². The first-order chi connectivity index (χ1) is 12.2. The molecule has 6 nitrogen and oxygen atoms in total. The number of piperidine rings is 1. The summed E-state index contributed by atoms with van der Waals surface area (Å²) in [6.07, 6.45) is 4.10. The topological polar surface area (TPSA) is 52.1 Å². The number of aliphatic imine (C=N–C) groups is 1. The number of morpholine rings is 1. The van der Waals surface area contributed by atoms with Gasteiger partial charge in [-0.1, -0.05) is 20.3 Å². The molecular formula is C19H40IN5O. The molecule has 0 bridgehead atoms. The van der Waals surface area contributed by atoms with Crippen LogP contribution in [0.25, 0.3) is 0 Å². The van der Waals surface area contributed by atoms with Crippen LogP contribution in [0.15, 0.2) is 4.99 Å². The van der Waals surface area contributed by atoms with E-state index in [9.17, 15) is 0 Å². The van der Waals surface area contributed by atoms with E-state index < -0.39 is 0 Å². The van der Waals surface area contributed by atoms with E-state index in [4.69, 9.17) is 9.73 Å². The number of likely N-dealkylation sites (tertiary alicyclic amines) is 1.